The first-order valence-corrected chi connectivity index (χ1v) is 5.07. The molecule has 0 aliphatic carbocycles. The normalized spacial score (nSPS) is 11.5. The van der Waals surface area contributed by atoms with Gasteiger partial charge in [-0.25, -0.2) is 0 Å². The van der Waals surface area contributed by atoms with Gasteiger partial charge >= 0.3 is 0 Å². The number of hydrogen-bond acceptors (Lipinski definition) is 3. The van der Waals surface area contributed by atoms with Crippen LogP contribution in [0.4, 0.5) is 0 Å². The van der Waals surface area contributed by atoms with Gasteiger partial charge in [0.05, 0.1) is 16.7 Å². The average Bonchev–Trinajstić information content (AvgIpc) is 2.73. The van der Waals surface area contributed by atoms with Crippen molar-refractivity contribution in [3.63, 3.8) is 0 Å². The first-order chi connectivity index (χ1) is 8.16. The molecule has 0 saturated carbocycles. The van der Waals surface area contributed by atoms with Crippen LogP contribution >= 0.6 is 0 Å². The molecular weight excluding hydrogens is 218 g/mol. The SMILES string of the molecule is Cn1cc(/C=C(\c2ccccc2)[N+](=O)[O-])cn1. The lowest BCUT2D eigenvalue weighted by atomic mass is 10.1. The van der Waals surface area contributed by atoms with Gasteiger partial charge in [-0.15, -0.1) is 0 Å². The van der Waals surface area contributed by atoms with E-state index in [0.717, 1.165) is 0 Å². The van der Waals surface area contributed by atoms with E-state index < -0.39 is 0 Å². The summed E-state index contributed by atoms with van der Waals surface area (Å²) in [6.45, 7) is 0. The van der Waals surface area contributed by atoms with Crippen LogP contribution in [0.1, 0.15) is 11.1 Å². The van der Waals surface area contributed by atoms with Crippen molar-refractivity contribution in [2.24, 2.45) is 7.05 Å². The summed E-state index contributed by atoms with van der Waals surface area (Å²) in [5.41, 5.74) is 1.36. The van der Waals surface area contributed by atoms with E-state index in [0.29, 0.717) is 11.1 Å². The Morgan fingerprint density at radius 2 is 2.12 bits per heavy atom. The highest BCUT2D eigenvalue weighted by atomic mass is 16.6. The number of hydrogen-bond donors (Lipinski definition) is 0. The fourth-order valence-electron chi connectivity index (χ4n) is 1.52. The van der Waals surface area contributed by atoms with Crippen LogP contribution in [0.25, 0.3) is 11.8 Å². The molecule has 0 aliphatic heterocycles. The van der Waals surface area contributed by atoms with Crippen molar-refractivity contribution in [1.29, 1.82) is 0 Å². The zero-order chi connectivity index (χ0) is 12.3. The highest BCUT2D eigenvalue weighted by Crippen LogP contribution is 2.18. The molecule has 0 saturated heterocycles. The molecular formula is C12H11N3O2. The predicted molar refractivity (Wildman–Crippen MR) is 64.5 cm³/mol. The number of aromatic nitrogens is 2. The lowest BCUT2D eigenvalue weighted by Crippen LogP contribution is -1.97. The van der Waals surface area contributed by atoms with Gasteiger partial charge in [-0.2, -0.15) is 5.10 Å². The molecule has 1 heterocycles. The van der Waals surface area contributed by atoms with Gasteiger partial charge in [-0.1, -0.05) is 18.2 Å². The van der Waals surface area contributed by atoms with Gasteiger partial charge in [0.15, 0.2) is 0 Å². The Hall–Kier alpha value is -2.43. The molecule has 0 fully saturated rings. The molecule has 0 N–H and O–H groups in total. The lowest BCUT2D eigenvalue weighted by molar-refractivity contribution is -0.374. The molecule has 2 rings (SSSR count). The number of nitro groups is 1. The van der Waals surface area contributed by atoms with Gasteiger partial charge in [0.25, 0.3) is 5.70 Å². The Bertz CT molecular complexity index is 558. The Morgan fingerprint density at radius 3 is 2.65 bits per heavy atom. The second kappa shape index (κ2) is 4.61. The van der Waals surface area contributed by atoms with Crippen LogP contribution < -0.4 is 0 Å². The molecule has 0 unspecified atom stereocenters. The third-order valence-electron chi connectivity index (χ3n) is 2.29. The van der Waals surface area contributed by atoms with Crippen molar-refractivity contribution in [3.8, 4) is 0 Å². The summed E-state index contributed by atoms with van der Waals surface area (Å²) in [7, 11) is 1.77. The quantitative estimate of drug-likeness (QED) is 0.598. The maximum Gasteiger partial charge on any atom is 0.277 e. The van der Waals surface area contributed by atoms with Crippen LogP contribution in [-0.4, -0.2) is 14.7 Å². The van der Waals surface area contributed by atoms with Crippen LogP contribution in [0.15, 0.2) is 42.7 Å². The Kier molecular flexibility index (Phi) is 3.00. The smallest absolute Gasteiger partial charge is 0.275 e. The van der Waals surface area contributed by atoms with Gasteiger partial charge < -0.3 is 0 Å². The van der Waals surface area contributed by atoms with E-state index in [1.165, 1.54) is 6.08 Å². The molecule has 5 heteroatoms. The molecule has 86 valence electrons. The number of rotatable bonds is 3. The molecule has 0 amide bonds. The number of aryl methyl sites for hydroxylation is 1. The molecule has 1 aromatic carbocycles. The van der Waals surface area contributed by atoms with E-state index in [4.69, 9.17) is 0 Å². The predicted octanol–water partition coefficient (Wildman–Crippen LogP) is 2.19. The second-order valence-corrected chi connectivity index (χ2v) is 3.60. The van der Waals surface area contributed by atoms with Crippen molar-refractivity contribution >= 4 is 11.8 Å². The van der Waals surface area contributed by atoms with Gasteiger partial charge in [0, 0.05) is 24.9 Å². The third kappa shape index (κ3) is 2.57. The van der Waals surface area contributed by atoms with E-state index in [-0.39, 0.29) is 10.6 Å². The molecule has 17 heavy (non-hydrogen) atoms. The second-order valence-electron chi connectivity index (χ2n) is 3.60. The van der Waals surface area contributed by atoms with E-state index in [2.05, 4.69) is 5.10 Å². The van der Waals surface area contributed by atoms with E-state index >= 15 is 0 Å². The van der Waals surface area contributed by atoms with Crippen molar-refractivity contribution in [2.75, 3.05) is 0 Å². The average molecular weight is 229 g/mol. The van der Waals surface area contributed by atoms with Crippen molar-refractivity contribution in [3.05, 3.63) is 64.0 Å². The Labute approximate surface area is 98.2 Å². The first-order valence-electron chi connectivity index (χ1n) is 5.07. The number of nitrogens with zero attached hydrogens (tertiary/aromatic N) is 3. The molecule has 0 bridgehead atoms. The van der Waals surface area contributed by atoms with Crippen LogP contribution in [-0.2, 0) is 7.05 Å². The van der Waals surface area contributed by atoms with Gasteiger partial charge in [-0.3, -0.25) is 14.8 Å². The monoisotopic (exact) mass is 229 g/mol. The maximum absolute atomic E-state index is 11.0. The minimum absolute atomic E-state index is 0.0681. The van der Waals surface area contributed by atoms with Crippen LogP contribution in [0.2, 0.25) is 0 Å². The maximum atomic E-state index is 11.0. The summed E-state index contributed by atoms with van der Waals surface area (Å²) in [5, 5.41) is 15.0. The van der Waals surface area contributed by atoms with Crippen LogP contribution in [0.5, 0.6) is 0 Å². The summed E-state index contributed by atoms with van der Waals surface area (Å²) in [6, 6.07) is 8.80. The lowest BCUT2D eigenvalue weighted by Gasteiger charge is -1.97. The summed E-state index contributed by atoms with van der Waals surface area (Å²) >= 11 is 0. The van der Waals surface area contributed by atoms with Crippen LogP contribution in [0, 0.1) is 10.1 Å². The molecule has 0 radical (unpaired) electrons. The van der Waals surface area contributed by atoms with E-state index in [9.17, 15) is 10.1 Å². The van der Waals surface area contributed by atoms with Gasteiger partial charge in [-0.05, 0) is 12.1 Å². The van der Waals surface area contributed by atoms with Gasteiger partial charge in [0.2, 0.25) is 0 Å². The first kappa shape index (κ1) is 11.1. The molecule has 0 atom stereocenters. The topological polar surface area (TPSA) is 61.0 Å². The minimum Gasteiger partial charge on any atom is -0.275 e. The molecule has 1 aromatic heterocycles. The van der Waals surface area contributed by atoms with Crippen molar-refractivity contribution < 1.29 is 4.92 Å². The molecule has 0 aliphatic rings. The van der Waals surface area contributed by atoms with Crippen molar-refractivity contribution in [1.82, 2.24) is 9.78 Å². The summed E-state index contributed by atoms with van der Waals surface area (Å²) in [4.78, 5) is 10.6. The van der Waals surface area contributed by atoms with Crippen LogP contribution in [0.3, 0.4) is 0 Å². The third-order valence-corrected chi connectivity index (χ3v) is 2.29. The zero-order valence-electron chi connectivity index (χ0n) is 9.28. The standard InChI is InChI=1S/C12H11N3O2/c1-14-9-10(8-13-14)7-12(15(16)17)11-5-3-2-4-6-11/h2-9H,1H3/b12-7+. The zero-order valence-corrected chi connectivity index (χ0v) is 9.28. The number of benzene rings is 1. The highest BCUT2D eigenvalue weighted by molar-refractivity contribution is 5.75. The van der Waals surface area contributed by atoms with Crippen molar-refractivity contribution in [2.45, 2.75) is 0 Å². The Balaban J connectivity index is 2.43. The summed E-state index contributed by atoms with van der Waals surface area (Å²) in [5.74, 6) is 0. The largest absolute Gasteiger partial charge is 0.277 e. The fourth-order valence-corrected chi connectivity index (χ4v) is 1.52. The summed E-state index contributed by atoms with van der Waals surface area (Å²) < 4.78 is 1.61. The van der Waals surface area contributed by atoms with E-state index in [1.54, 1.807) is 48.4 Å². The highest BCUT2D eigenvalue weighted by Gasteiger charge is 2.13. The fraction of sp³-hybridized carbons (Fsp3) is 0.0833. The van der Waals surface area contributed by atoms with Gasteiger partial charge in [0.1, 0.15) is 0 Å². The van der Waals surface area contributed by atoms with E-state index in [1.807, 2.05) is 6.07 Å². The Morgan fingerprint density at radius 1 is 1.41 bits per heavy atom. The summed E-state index contributed by atoms with van der Waals surface area (Å²) in [6.07, 6.45) is 4.83. The molecule has 0 spiro atoms. The molecule has 2 aromatic rings. The minimum atomic E-state index is -0.387. The molecule has 5 nitrogen and oxygen atoms in total.